The molecule has 0 radical (unpaired) electrons. The van der Waals surface area contributed by atoms with Gasteiger partial charge in [0.15, 0.2) is 0 Å². The number of nitrogens with zero attached hydrogens (tertiary/aromatic N) is 1. The maximum Gasteiger partial charge on any atom is 0.238 e. The van der Waals surface area contributed by atoms with Gasteiger partial charge in [-0.3, -0.25) is 4.72 Å². The number of hydrogen-bond acceptors (Lipinski definition) is 5. The highest BCUT2D eigenvalue weighted by Crippen LogP contribution is 2.26. The molecule has 0 spiro atoms. The summed E-state index contributed by atoms with van der Waals surface area (Å²) in [5.41, 5.74) is 3.18. The number of rotatable bonds is 4. The minimum atomic E-state index is -3.50. The maximum atomic E-state index is 12.1. The summed E-state index contributed by atoms with van der Waals surface area (Å²) < 4.78 is 31.7. The topological polar surface area (TPSA) is 84.2 Å². The number of aromatic nitrogens is 1. The second kappa shape index (κ2) is 5.40. The molecule has 2 heterocycles. The number of benzene rings is 1. The summed E-state index contributed by atoms with van der Waals surface area (Å²) in [6, 6.07) is 7.20. The quantitative estimate of drug-likeness (QED) is 0.905. The molecule has 1 aliphatic heterocycles. The molecule has 21 heavy (non-hydrogen) atoms. The smallest absolute Gasteiger partial charge is 0.238 e. The summed E-state index contributed by atoms with van der Waals surface area (Å²) in [6.45, 7) is 2.65. The van der Waals surface area contributed by atoms with Gasteiger partial charge in [0, 0.05) is 18.3 Å². The van der Waals surface area contributed by atoms with Crippen LogP contribution >= 0.6 is 0 Å². The Morgan fingerprint density at radius 3 is 3.00 bits per heavy atom. The van der Waals surface area contributed by atoms with Gasteiger partial charge in [-0.15, -0.1) is 0 Å². The van der Waals surface area contributed by atoms with E-state index in [-0.39, 0.29) is 5.75 Å². The monoisotopic (exact) mass is 307 g/mol. The summed E-state index contributed by atoms with van der Waals surface area (Å²) >= 11 is 0. The van der Waals surface area contributed by atoms with E-state index in [0.29, 0.717) is 17.1 Å². The van der Waals surface area contributed by atoms with Gasteiger partial charge in [-0.1, -0.05) is 11.2 Å². The van der Waals surface area contributed by atoms with Gasteiger partial charge in [0.05, 0.1) is 5.69 Å². The van der Waals surface area contributed by atoms with E-state index < -0.39 is 10.0 Å². The van der Waals surface area contributed by atoms with Gasteiger partial charge in [0.25, 0.3) is 0 Å². The lowest BCUT2D eigenvalue weighted by molar-refractivity contribution is 0.392. The van der Waals surface area contributed by atoms with Crippen LogP contribution in [0.25, 0.3) is 0 Å². The van der Waals surface area contributed by atoms with Gasteiger partial charge in [0.2, 0.25) is 10.0 Å². The van der Waals surface area contributed by atoms with Crippen LogP contribution in [0.15, 0.2) is 28.8 Å². The van der Waals surface area contributed by atoms with Crippen molar-refractivity contribution in [1.82, 2.24) is 5.16 Å². The lowest BCUT2D eigenvalue weighted by atomic mass is 10.0. The number of aryl methyl sites for hydroxylation is 2. The van der Waals surface area contributed by atoms with E-state index in [1.807, 2.05) is 12.1 Å². The van der Waals surface area contributed by atoms with E-state index in [1.54, 1.807) is 19.1 Å². The zero-order valence-corrected chi connectivity index (χ0v) is 12.5. The van der Waals surface area contributed by atoms with Gasteiger partial charge in [-0.05, 0) is 37.5 Å². The lowest BCUT2D eigenvalue weighted by Crippen LogP contribution is -2.16. The molecule has 7 heteroatoms. The first-order valence-corrected chi connectivity index (χ1v) is 8.46. The number of fused-ring (bicyclic) bond motifs is 1. The molecule has 0 aliphatic carbocycles. The minimum Gasteiger partial charge on any atom is -0.385 e. The molecule has 1 aliphatic rings. The molecule has 2 aromatic rings. The van der Waals surface area contributed by atoms with Crippen LogP contribution in [0.3, 0.4) is 0 Å². The van der Waals surface area contributed by atoms with Crippen molar-refractivity contribution in [1.29, 1.82) is 0 Å². The van der Waals surface area contributed by atoms with Crippen molar-refractivity contribution in [2.75, 3.05) is 16.6 Å². The number of anilines is 2. The van der Waals surface area contributed by atoms with E-state index in [0.717, 1.165) is 25.1 Å². The van der Waals surface area contributed by atoms with Crippen LogP contribution in [-0.2, 0) is 22.2 Å². The van der Waals surface area contributed by atoms with Crippen LogP contribution in [0.4, 0.5) is 11.4 Å². The Kier molecular flexibility index (Phi) is 3.59. The van der Waals surface area contributed by atoms with Crippen LogP contribution < -0.4 is 10.0 Å². The van der Waals surface area contributed by atoms with E-state index in [2.05, 4.69) is 15.2 Å². The molecular formula is C14H17N3O3S. The Bertz CT molecular complexity index is 753. The Morgan fingerprint density at radius 1 is 1.38 bits per heavy atom. The van der Waals surface area contributed by atoms with E-state index in [9.17, 15) is 8.42 Å². The molecule has 1 aromatic heterocycles. The standard InChI is InChI=1S/C14H17N3O3S/c1-10-7-13(16-20-10)9-21(18,19)17-12-5-4-11-3-2-6-15-14(11)8-12/h4-5,7-8,15,17H,2-3,6,9H2,1H3. The Hall–Kier alpha value is -2.02. The van der Waals surface area contributed by atoms with E-state index >= 15 is 0 Å². The molecule has 0 atom stereocenters. The van der Waals surface area contributed by atoms with Crippen molar-refractivity contribution in [2.24, 2.45) is 0 Å². The second-order valence-electron chi connectivity index (χ2n) is 5.19. The first-order valence-electron chi connectivity index (χ1n) is 6.81. The molecule has 1 aromatic carbocycles. The zero-order valence-electron chi connectivity index (χ0n) is 11.7. The molecule has 0 bridgehead atoms. The fraction of sp³-hybridized carbons (Fsp3) is 0.357. The highest BCUT2D eigenvalue weighted by Gasteiger charge is 2.16. The molecule has 0 amide bonds. The zero-order chi connectivity index (χ0) is 14.9. The van der Waals surface area contributed by atoms with Crippen LogP contribution in [-0.4, -0.2) is 20.1 Å². The van der Waals surface area contributed by atoms with Crippen molar-refractivity contribution in [3.05, 3.63) is 41.3 Å². The lowest BCUT2D eigenvalue weighted by Gasteiger charge is -2.19. The molecule has 112 valence electrons. The van der Waals surface area contributed by atoms with Gasteiger partial charge in [0.1, 0.15) is 17.2 Å². The third-order valence-electron chi connectivity index (χ3n) is 3.34. The van der Waals surface area contributed by atoms with E-state index in [4.69, 9.17) is 4.52 Å². The first-order chi connectivity index (χ1) is 10.0. The van der Waals surface area contributed by atoms with Crippen molar-refractivity contribution in [2.45, 2.75) is 25.5 Å². The molecule has 0 saturated carbocycles. The van der Waals surface area contributed by atoms with Crippen molar-refractivity contribution >= 4 is 21.4 Å². The Balaban J connectivity index is 1.76. The number of sulfonamides is 1. The van der Waals surface area contributed by atoms with Crippen molar-refractivity contribution < 1.29 is 12.9 Å². The molecule has 2 N–H and O–H groups in total. The largest absolute Gasteiger partial charge is 0.385 e. The second-order valence-corrected chi connectivity index (χ2v) is 6.91. The summed E-state index contributed by atoms with van der Waals surface area (Å²) in [5, 5.41) is 6.99. The van der Waals surface area contributed by atoms with E-state index in [1.165, 1.54) is 5.56 Å². The summed E-state index contributed by atoms with van der Waals surface area (Å²) in [7, 11) is -3.50. The maximum absolute atomic E-state index is 12.1. The molecular weight excluding hydrogens is 290 g/mol. The average Bonchev–Trinajstić information content (AvgIpc) is 2.82. The Morgan fingerprint density at radius 2 is 2.24 bits per heavy atom. The summed E-state index contributed by atoms with van der Waals surface area (Å²) in [4.78, 5) is 0. The van der Waals surface area contributed by atoms with Gasteiger partial charge in [-0.2, -0.15) is 0 Å². The highest BCUT2D eigenvalue weighted by atomic mass is 32.2. The minimum absolute atomic E-state index is 0.200. The summed E-state index contributed by atoms with van der Waals surface area (Å²) in [5.74, 6) is 0.396. The van der Waals surface area contributed by atoms with Crippen LogP contribution in [0.5, 0.6) is 0 Å². The fourth-order valence-corrected chi connectivity index (χ4v) is 3.50. The van der Waals surface area contributed by atoms with Gasteiger partial charge >= 0.3 is 0 Å². The normalized spacial score (nSPS) is 14.3. The SMILES string of the molecule is Cc1cc(CS(=O)(=O)Nc2ccc3c(c2)NCCC3)no1. The first kappa shape index (κ1) is 13.9. The average molecular weight is 307 g/mol. The number of nitrogens with one attached hydrogen (secondary N) is 2. The fourth-order valence-electron chi connectivity index (χ4n) is 2.42. The van der Waals surface area contributed by atoms with Crippen molar-refractivity contribution in [3.63, 3.8) is 0 Å². The highest BCUT2D eigenvalue weighted by molar-refractivity contribution is 7.91. The van der Waals surface area contributed by atoms with Crippen molar-refractivity contribution in [3.8, 4) is 0 Å². The molecule has 0 fully saturated rings. The molecule has 0 saturated heterocycles. The predicted molar refractivity (Wildman–Crippen MR) is 80.7 cm³/mol. The predicted octanol–water partition coefficient (Wildman–Crippen LogP) is 2.28. The number of hydrogen-bond donors (Lipinski definition) is 2. The molecule has 3 rings (SSSR count). The molecule has 0 unspecified atom stereocenters. The van der Waals surface area contributed by atoms with Gasteiger partial charge < -0.3 is 9.84 Å². The van der Waals surface area contributed by atoms with Crippen LogP contribution in [0, 0.1) is 6.92 Å². The third-order valence-corrected chi connectivity index (χ3v) is 4.56. The molecule has 6 nitrogen and oxygen atoms in total. The van der Waals surface area contributed by atoms with Gasteiger partial charge in [-0.25, -0.2) is 8.42 Å². The van der Waals surface area contributed by atoms with Crippen LogP contribution in [0.1, 0.15) is 23.4 Å². The third kappa shape index (κ3) is 3.36. The van der Waals surface area contributed by atoms with Crippen LogP contribution in [0.2, 0.25) is 0 Å². The Labute approximate surface area is 123 Å². The summed E-state index contributed by atoms with van der Waals surface area (Å²) in [6.07, 6.45) is 2.12.